The van der Waals surface area contributed by atoms with E-state index in [0.717, 1.165) is 51.0 Å². The van der Waals surface area contributed by atoms with Gasteiger partial charge < -0.3 is 20.4 Å². The van der Waals surface area contributed by atoms with Crippen molar-refractivity contribution in [2.45, 2.75) is 56.7 Å². The lowest BCUT2D eigenvalue weighted by atomic mass is 9.83. The molecule has 32 heavy (non-hydrogen) atoms. The SMILES string of the molecule is CN1c2cc(C(=O)N3CCC(C(N)=O)(N4CCCCC4)CC3)ccc2C(=O)N2CCC[C@@H]21. The Bertz CT molecular complexity index is 934. The number of anilines is 1. The molecule has 172 valence electrons. The van der Waals surface area contributed by atoms with Crippen LogP contribution in [0.5, 0.6) is 0 Å². The van der Waals surface area contributed by atoms with Crippen LogP contribution in [-0.4, -0.2) is 83.9 Å². The zero-order chi connectivity index (χ0) is 22.5. The van der Waals surface area contributed by atoms with E-state index < -0.39 is 5.54 Å². The first-order valence-electron chi connectivity index (χ1n) is 11.9. The summed E-state index contributed by atoms with van der Waals surface area (Å²) in [7, 11) is 2.00. The smallest absolute Gasteiger partial charge is 0.257 e. The monoisotopic (exact) mass is 439 g/mol. The molecule has 2 N–H and O–H groups in total. The third-order valence-electron chi connectivity index (χ3n) is 8.08. The minimum Gasteiger partial charge on any atom is -0.368 e. The molecule has 4 aliphatic rings. The highest BCUT2D eigenvalue weighted by Crippen LogP contribution is 2.36. The van der Waals surface area contributed by atoms with Crippen molar-refractivity contribution in [3.8, 4) is 0 Å². The van der Waals surface area contributed by atoms with Crippen LogP contribution in [0.15, 0.2) is 18.2 Å². The number of fused-ring (bicyclic) bond motifs is 2. The van der Waals surface area contributed by atoms with Gasteiger partial charge in [0.1, 0.15) is 11.7 Å². The molecule has 0 spiro atoms. The van der Waals surface area contributed by atoms with Gasteiger partial charge in [0.05, 0.1) is 11.3 Å². The van der Waals surface area contributed by atoms with E-state index >= 15 is 0 Å². The normalized spacial score (nSPS) is 25.5. The van der Waals surface area contributed by atoms with Gasteiger partial charge in [-0.1, -0.05) is 6.42 Å². The van der Waals surface area contributed by atoms with Gasteiger partial charge in [0, 0.05) is 32.2 Å². The third kappa shape index (κ3) is 3.27. The lowest BCUT2D eigenvalue weighted by Crippen LogP contribution is -2.63. The van der Waals surface area contributed by atoms with Crippen LogP contribution < -0.4 is 10.6 Å². The number of carbonyl (C=O) groups excluding carboxylic acids is 3. The van der Waals surface area contributed by atoms with Crippen LogP contribution in [-0.2, 0) is 4.79 Å². The molecule has 5 rings (SSSR count). The van der Waals surface area contributed by atoms with Crippen molar-refractivity contribution in [1.29, 1.82) is 0 Å². The van der Waals surface area contributed by atoms with Crippen molar-refractivity contribution in [2.75, 3.05) is 44.7 Å². The lowest BCUT2D eigenvalue weighted by molar-refractivity contribution is -0.134. The average molecular weight is 440 g/mol. The highest BCUT2D eigenvalue weighted by Gasteiger charge is 2.46. The molecule has 0 unspecified atom stereocenters. The van der Waals surface area contributed by atoms with E-state index in [-0.39, 0.29) is 23.9 Å². The van der Waals surface area contributed by atoms with E-state index in [0.29, 0.717) is 37.1 Å². The number of rotatable bonds is 3. The number of nitrogens with zero attached hydrogens (tertiary/aromatic N) is 4. The molecule has 0 bridgehead atoms. The Morgan fingerprint density at radius 2 is 1.72 bits per heavy atom. The van der Waals surface area contributed by atoms with Crippen LogP contribution in [0.3, 0.4) is 0 Å². The molecule has 8 heteroatoms. The van der Waals surface area contributed by atoms with Gasteiger partial charge in [-0.2, -0.15) is 0 Å². The summed E-state index contributed by atoms with van der Waals surface area (Å²) in [5.41, 5.74) is 7.35. The number of piperidine rings is 2. The molecular formula is C24H33N5O3. The Kier molecular flexibility index (Phi) is 5.35. The fourth-order valence-corrected chi connectivity index (χ4v) is 6.14. The second-order valence-electron chi connectivity index (χ2n) is 9.70. The van der Waals surface area contributed by atoms with Crippen molar-refractivity contribution in [1.82, 2.24) is 14.7 Å². The van der Waals surface area contributed by atoms with E-state index in [2.05, 4.69) is 9.80 Å². The molecule has 8 nitrogen and oxygen atoms in total. The Hall–Kier alpha value is -2.61. The maximum Gasteiger partial charge on any atom is 0.257 e. The molecule has 0 aromatic heterocycles. The van der Waals surface area contributed by atoms with Crippen molar-refractivity contribution in [3.63, 3.8) is 0 Å². The molecule has 3 saturated heterocycles. The van der Waals surface area contributed by atoms with Gasteiger partial charge in [-0.05, 0) is 69.8 Å². The van der Waals surface area contributed by atoms with Gasteiger partial charge in [0.25, 0.3) is 11.8 Å². The maximum atomic E-state index is 13.3. The van der Waals surface area contributed by atoms with E-state index in [1.54, 1.807) is 12.1 Å². The predicted molar refractivity (Wildman–Crippen MR) is 121 cm³/mol. The Balaban J connectivity index is 1.33. The summed E-state index contributed by atoms with van der Waals surface area (Å²) < 4.78 is 0. The largest absolute Gasteiger partial charge is 0.368 e. The summed E-state index contributed by atoms with van der Waals surface area (Å²) in [6, 6.07) is 5.43. The quantitative estimate of drug-likeness (QED) is 0.773. The zero-order valence-electron chi connectivity index (χ0n) is 18.9. The predicted octanol–water partition coefficient (Wildman–Crippen LogP) is 1.64. The Labute approximate surface area is 189 Å². The van der Waals surface area contributed by atoms with E-state index in [1.165, 1.54) is 6.42 Å². The van der Waals surface area contributed by atoms with Gasteiger partial charge in [-0.15, -0.1) is 0 Å². The van der Waals surface area contributed by atoms with Crippen LogP contribution in [0.25, 0.3) is 0 Å². The Morgan fingerprint density at radius 3 is 2.41 bits per heavy atom. The highest BCUT2D eigenvalue weighted by atomic mass is 16.2. The summed E-state index contributed by atoms with van der Waals surface area (Å²) in [5.74, 6) is -0.244. The summed E-state index contributed by atoms with van der Waals surface area (Å²) in [6.45, 7) is 3.63. The van der Waals surface area contributed by atoms with Crippen LogP contribution in [0.4, 0.5) is 5.69 Å². The van der Waals surface area contributed by atoms with Crippen LogP contribution in [0.2, 0.25) is 0 Å². The topological polar surface area (TPSA) is 90.2 Å². The maximum absolute atomic E-state index is 13.3. The number of hydrogen-bond donors (Lipinski definition) is 1. The second kappa shape index (κ2) is 8.06. The first kappa shape index (κ1) is 21.2. The number of primary amides is 1. The Morgan fingerprint density at radius 1 is 1.00 bits per heavy atom. The minimum atomic E-state index is -0.633. The number of hydrogen-bond acceptors (Lipinski definition) is 5. The molecule has 4 heterocycles. The first-order valence-corrected chi connectivity index (χ1v) is 11.9. The van der Waals surface area contributed by atoms with Crippen molar-refractivity contribution in [3.05, 3.63) is 29.3 Å². The second-order valence-corrected chi connectivity index (χ2v) is 9.70. The summed E-state index contributed by atoms with van der Waals surface area (Å²) in [4.78, 5) is 46.8. The van der Waals surface area contributed by atoms with Gasteiger partial charge >= 0.3 is 0 Å². The van der Waals surface area contributed by atoms with Crippen LogP contribution >= 0.6 is 0 Å². The molecule has 0 aliphatic carbocycles. The van der Waals surface area contributed by atoms with Crippen molar-refractivity contribution >= 4 is 23.4 Å². The molecule has 0 radical (unpaired) electrons. The standard InChI is InChI=1S/C24H33N5O3/c1-26-19-16-17(7-8-18(19)22(31)29-13-5-6-20(26)29)21(30)27-14-9-24(10-15-27,23(25)32)28-11-3-2-4-12-28/h7-8,16,20H,2-6,9-15H2,1H3,(H2,25,32)/t20-/m1/s1. The molecule has 1 aromatic rings. The van der Waals surface area contributed by atoms with Gasteiger partial charge in [-0.25, -0.2) is 0 Å². The molecule has 0 saturated carbocycles. The fourth-order valence-electron chi connectivity index (χ4n) is 6.14. The lowest BCUT2D eigenvalue weighted by Gasteiger charge is -2.48. The summed E-state index contributed by atoms with van der Waals surface area (Å²) in [5, 5.41) is 0. The number of carbonyl (C=O) groups is 3. The van der Waals surface area contributed by atoms with Gasteiger partial charge in [0.2, 0.25) is 5.91 Å². The van der Waals surface area contributed by atoms with Crippen molar-refractivity contribution in [2.24, 2.45) is 5.73 Å². The third-order valence-corrected chi connectivity index (χ3v) is 8.08. The van der Waals surface area contributed by atoms with Crippen molar-refractivity contribution < 1.29 is 14.4 Å². The van der Waals surface area contributed by atoms with Gasteiger partial charge in [0.15, 0.2) is 0 Å². The number of amides is 3. The highest BCUT2D eigenvalue weighted by molar-refractivity contribution is 6.04. The number of likely N-dealkylation sites (tertiary alicyclic amines) is 2. The van der Waals surface area contributed by atoms with Gasteiger partial charge in [-0.3, -0.25) is 19.3 Å². The minimum absolute atomic E-state index is 0.0424. The molecule has 3 amide bonds. The molecule has 1 atom stereocenters. The first-order chi connectivity index (χ1) is 15.4. The number of benzene rings is 1. The molecule has 1 aromatic carbocycles. The van der Waals surface area contributed by atoms with Crippen LogP contribution in [0.1, 0.15) is 65.7 Å². The summed E-state index contributed by atoms with van der Waals surface area (Å²) >= 11 is 0. The van der Waals surface area contributed by atoms with E-state index in [9.17, 15) is 14.4 Å². The fraction of sp³-hybridized carbons (Fsp3) is 0.625. The summed E-state index contributed by atoms with van der Waals surface area (Å²) in [6.07, 6.45) is 6.59. The molecule has 4 aliphatic heterocycles. The van der Waals surface area contributed by atoms with E-state index in [4.69, 9.17) is 5.73 Å². The number of nitrogens with two attached hydrogens (primary N) is 1. The molecular weight excluding hydrogens is 406 g/mol. The van der Waals surface area contributed by atoms with E-state index in [1.807, 2.05) is 22.9 Å². The average Bonchev–Trinajstić information content (AvgIpc) is 3.33. The molecule has 3 fully saturated rings. The zero-order valence-corrected chi connectivity index (χ0v) is 18.9. The van der Waals surface area contributed by atoms with Crippen LogP contribution in [0, 0.1) is 0 Å².